The maximum absolute atomic E-state index is 13.6. The van der Waals surface area contributed by atoms with Crippen LogP contribution < -0.4 is 5.32 Å². The summed E-state index contributed by atoms with van der Waals surface area (Å²) in [7, 11) is 0. The molecular formula is C13H9FN4O3. The van der Waals surface area contributed by atoms with Crippen molar-refractivity contribution in [3.05, 3.63) is 47.6 Å². The highest BCUT2D eigenvalue weighted by atomic mass is 19.1. The second kappa shape index (κ2) is 5.16. The molecule has 1 aromatic carbocycles. The van der Waals surface area contributed by atoms with Crippen molar-refractivity contribution in [1.82, 2.24) is 15.4 Å². The van der Waals surface area contributed by atoms with Gasteiger partial charge in [0.25, 0.3) is 11.8 Å². The Bertz CT molecular complexity index is 796. The van der Waals surface area contributed by atoms with Gasteiger partial charge in [0.15, 0.2) is 5.69 Å². The van der Waals surface area contributed by atoms with E-state index in [1.165, 1.54) is 18.2 Å². The molecule has 0 spiro atoms. The van der Waals surface area contributed by atoms with Crippen LogP contribution in [0.4, 0.5) is 10.4 Å². The maximum atomic E-state index is 13.6. The van der Waals surface area contributed by atoms with E-state index >= 15 is 0 Å². The summed E-state index contributed by atoms with van der Waals surface area (Å²) in [6.45, 7) is 1.66. The number of carbonyl (C=O) groups excluding carboxylic acids is 1. The van der Waals surface area contributed by atoms with Gasteiger partial charge in [-0.3, -0.25) is 10.1 Å². The average molecular weight is 288 g/mol. The zero-order chi connectivity index (χ0) is 14.8. The summed E-state index contributed by atoms with van der Waals surface area (Å²) in [5.41, 5.74) is 0.237. The minimum atomic E-state index is -0.560. The van der Waals surface area contributed by atoms with Crippen LogP contribution in [0.25, 0.3) is 11.5 Å². The summed E-state index contributed by atoms with van der Waals surface area (Å²) in [5.74, 6) is -0.584. The van der Waals surface area contributed by atoms with E-state index in [-0.39, 0.29) is 23.2 Å². The Kier molecular flexibility index (Phi) is 3.19. The van der Waals surface area contributed by atoms with Crippen LogP contribution in [-0.2, 0) is 0 Å². The van der Waals surface area contributed by atoms with Crippen LogP contribution in [-0.4, -0.2) is 21.3 Å². The Morgan fingerprint density at radius 2 is 2.10 bits per heavy atom. The van der Waals surface area contributed by atoms with Crippen molar-refractivity contribution in [2.75, 3.05) is 5.32 Å². The van der Waals surface area contributed by atoms with Gasteiger partial charge < -0.3 is 8.94 Å². The van der Waals surface area contributed by atoms with Gasteiger partial charge in [-0.25, -0.2) is 4.39 Å². The molecule has 0 radical (unpaired) electrons. The fourth-order valence-corrected chi connectivity index (χ4v) is 1.65. The van der Waals surface area contributed by atoms with E-state index in [1.807, 2.05) is 0 Å². The van der Waals surface area contributed by atoms with Crippen molar-refractivity contribution in [3.63, 3.8) is 0 Å². The molecule has 0 saturated carbocycles. The predicted octanol–water partition coefficient (Wildman–Crippen LogP) is 2.42. The van der Waals surface area contributed by atoms with E-state index < -0.39 is 11.7 Å². The molecule has 7 nitrogen and oxygen atoms in total. The lowest BCUT2D eigenvalue weighted by molar-refractivity contribution is 0.101. The first-order chi connectivity index (χ1) is 10.1. The van der Waals surface area contributed by atoms with E-state index in [0.29, 0.717) is 5.76 Å². The number of benzene rings is 1. The number of rotatable bonds is 3. The lowest BCUT2D eigenvalue weighted by Crippen LogP contribution is -2.12. The number of anilines is 1. The third-order valence-electron chi connectivity index (χ3n) is 2.61. The van der Waals surface area contributed by atoms with Gasteiger partial charge >= 0.3 is 6.01 Å². The molecule has 8 heteroatoms. The third kappa shape index (κ3) is 2.64. The largest absolute Gasteiger partial charge is 0.403 e. The summed E-state index contributed by atoms with van der Waals surface area (Å²) in [4.78, 5) is 11.8. The van der Waals surface area contributed by atoms with Crippen LogP contribution in [0.15, 0.2) is 39.3 Å². The molecule has 2 aromatic heterocycles. The van der Waals surface area contributed by atoms with E-state index in [9.17, 15) is 9.18 Å². The monoisotopic (exact) mass is 288 g/mol. The molecule has 0 saturated heterocycles. The lowest BCUT2D eigenvalue weighted by Gasteiger charge is -1.96. The van der Waals surface area contributed by atoms with E-state index in [0.717, 1.165) is 0 Å². The summed E-state index contributed by atoms with van der Waals surface area (Å²) in [6, 6.07) is 7.26. The Morgan fingerprint density at radius 1 is 1.29 bits per heavy atom. The highest BCUT2D eigenvalue weighted by molar-refractivity contribution is 6.01. The summed E-state index contributed by atoms with van der Waals surface area (Å²) in [6.07, 6.45) is 0. The van der Waals surface area contributed by atoms with Crippen molar-refractivity contribution >= 4 is 11.9 Å². The van der Waals surface area contributed by atoms with Crippen molar-refractivity contribution in [1.29, 1.82) is 0 Å². The molecule has 0 bridgehead atoms. The number of aromatic nitrogens is 3. The number of nitrogens with one attached hydrogen (secondary N) is 1. The smallest absolute Gasteiger partial charge is 0.322 e. The van der Waals surface area contributed by atoms with Crippen LogP contribution >= 0.6 is 0 Å². The Morgan fingerprint density at radius 3 is 2.81 bits per heavy atom. The molecule has 0 aliphatic rings. The van der Waals surface area contributed by atoms with Gasteiger partial charge in [0.05, 0.1) is 5.56 Å². The highest BCUT2D eigenvalue weighted by Gasteiger charge is 2.16. The number of amides is 1. The van der Waals surface area contributed by atoms with Crippen LogP contribution in [0.1, 0.15) is 16.2 Å². The number of hydrogen-bond acceptors (Lipinski definition) is 6. The van der Waals surface area contributed by atoms with Crippen LogP contribution in [0.3, 0.4) is 0 Å². The first-order valence-electron chi connectivity index (χ1n) is 5.96. The first kappa shape index (κ1) is 13.0. The molecule has 0 fully saturated rings. The summed E-state index contributed by atoms with van der Waals surface area (Å²) < 4.78 is 23.6. The molecule has 3 rings (SSSR count). The molecular weight excluding hydrogens is 279 g/mol. The van der Waals surface area contributed by atoms with Crippen molar-refractivity contribution in [2.45, 2.75) is 6.92 Å². The van der Waals surface area contributed by atoms with Crippen molar-refractivity contribution in [3.8, 4) is 11.5 Å². The first-order valence-corrected chi connectivity index (χ1v) is 5.96. The summed E-state index contributed by atoms with van der Waals surface area (Å²) >= 11 is 0. The number of nitrogens with zero attached hydrogens (tertiary/aromatic N) is 3. The molecule has 1 amide bonds. The molecule has 0 aliphatic heterocycles. The zero-order valence-electron chi connectivity index (χ0n) is 10.8. The molecule has 0 atom stereocenters. The normalized spacial score (nSPS) is 10.6. The van der Waals surface area contributed by atoms with Gasteiger partial charge in [0, 0.05) is 6.07 Å². The highest BCUT2D eigenvalue weighted by Crippen LogP contribution is 2.22. The number of hydrogen-bond donors (Lipinski definition) is 1. The van der Waals surface area contributed by atoms with Crippen LogP contribution in [0.5, 0.6) is 0 Å². The SMILES string of the molecule is Cc1cc(C(=O)Nc2nnc(-c3ccccc3F)o2)no1. The average Bonchev–Trinajstić information content (AvgIpc) is 3.08. The van der Waals surface area contributed by atoms with E-state index in [4.69, 9.17) is 8.94 Å². The fraction of sp³-hybridized carbons (Fsp3) is 0.0769. The number of halogens is 1. The molecule has 0 aliphatic carbocycles. The van der Waals surface area contributed by atoms with Crippen molar-refractivity contribution in [2.24, 2.45) is 0 Å². The summed E-state index contributed by atoms with van der Waals surface area (Å²) in [5, 5.41) is 13.2. The van der Waals surface area contributed by atoms with Gasteiger partial charge in [-0.2, -0.15) is 0 Å². The molecule has 1 N–H and O–H groups in total. The van der Waals surface area contributed by atoms with Gasteiger partial charge in [0.1, 0.15) is 11.6 Å². The third-order valence-corrected chi connectivity index (χ3v) is 2.61. The molecule has 0 unspecified atom stereocenters. The lowest BCUT2D eigenvalue weighted by atomic mass is 10.2. The maximum Gasteiger partial charge on any atom is 0.322 e. The Balaban J connectivity index is 1.80. The topological polar surface area (TPSA) is 94.1 Å². The molecule has 106 valence electrons. The molecule has 21 heavy (non-hydrogen) atoms. The number of carbonyl (C=O) groups is 1. The van der Waals surface area contributed by atoms with Crippen molar-refractivity contribution < 1.29 is 18.1 Å². The molecule has 2 heterocycles. The second-order valence-electron chi connectivity index (χ2n) is 4.17. The fourth-order valence-electron chi connectivity index (χ4n) is 1.65. The van der Waals surface area contributed by atoms with Gasteiger partial charge in [-0.1, -0.05) is 22.4 Å². The Hall–Kier alpha value is -3.03. The van der Waals surface area contributed by atoms with Crippen LogP contribution in [0, 0.1) is 12.7 Å². The van der Waals surface area contributed by atoms with E-state index in [2.05, 4.69) is 20.7 Å². The standard InChI is InChI=1S/C13H9FN4O3/c1-7-6-10(18-21-7)11(19)15-13-17-16-12(20-13)8-4-2-3-5-9(8)14/h2-6H,1H3,(H,15,17,19). The second-order valence-corrected chi connectivity index (χ2v) is 4.17. The van der Waals surface area contributed by atoms with Gasteiger partial charge in [0.2, 0.25) is 0 Å². The number of aryl methyl sites for hydroxylation is 1. The Labute approximate surface area is 117 Å². The predicted molar refractivity (Wildman–Crippen MR) is 68.9 cm³/mol. The molecule has 3 aromatic rings. The van der Waals surface area contributed by atoms with E-state index in [1.54, 1.807) is 19.1 Å². The van der Waals surface area contributed by atoms with Gasteiger partial charge in [-0.15, -0.1) is 5.10 Å². The minimum Gasteiger partial charge on any atom is -0.403 e. The van der Waals surface area contributed by atoms with Crippen LogP contribution in [0.2, 0.25) is 0 Å². The quantitative estimate of drug-likeness (QED) is 0.795. The van der Waals surface area contributed by atoms with Gasteiger partial charge in [-0.05, 0) is 19.1 Å². The minimum absolute atomic E-state index is 0.0280. The zero-order valence-corrected chi connectivity index (χ0v) is 10.8.